The monoisotopic (exact) mass is 135 g/mol. The van der Waals surface area contributed by atoms with Gasteiger partial charge in [0.1, 0.15) is 12.5 Å². The summed E-state index contributed by atoms with van der Waals surface area (Å²) in [6, 6.07) is 0. The van der Waals surface area contributed by atoms with E-state index >= 15 is 0 Å². The van der Waals surface area contributed by atoms with Crippen molar-refractivity contribution in [2.45, 2.75) is 6.17 Å². The van der Waals surface area contributed by atoms with Gasteiger partial charge in [-0.3, -0.25) is 0 Å². The number of fused-ring (bicyclic) bond motifs is 1. The van der Waals surface area contributed by atoms with Crippen LogP contribution < -0.4 is 5.73 Å². The molecule has 0 saturated carbocycles. The summed E-state index contributed by atoms with van der Waals surface area (Å²) in [6.07, 6.45) is 2.66. The van der Waals surface area contributed by atoms with Crippen molar-refractivity contribution in [1.29, 1.82) is 0 Å². The fourth-order valence-electron chi connectivity index (χ4n) is 0.810. The molecular weight excluding hydrogens is 130 g/mol. The first-order valence-electron chi connectivity index (χ1n) is 2.84. The maximum absolute atomic E-state index is 5.55. The molecule has 0 unspecified atom stereocenters. The molecule has 0 fully saturated rings. The quantitative estimate of drug-likeness (QED) is 0.501. The van der Waals surface area contributed by atoms with Gasteiger partial charge in [-0.05, 0) is 0 Å². The number of hydrogen-bond donors (Lipinski definition) is 1. The highest BCUT2D eigenvalue weighted by atomic mass is 15.2. The van der Waals surface area contributed by atoms with Crippen molar-refractivity contribution < 1.29 is 0 Å². The number of rotatable bonds is 0. The van der Waals surface area contributed by atoms with Crippen LogP contribution in [0.15, 0.2) is 32.0 Å². The molecule has 10 heavy (non-hydrogen) atoms. The molecule has 0 spiro atoms. The third kappa shape index (κ3) is 0.608. The lowest BCUT2D eigenvalue weighted by Crippen LogP contribution is -2.25. The second-order valence-electron chi connectivity index (χ2n) is 1.96. The van der Waals surface area contributed by atoms with Crippen LogP contribution in [0.1, 0.15) is 0 Å². The fourth-order valence-corrected chi connectivity index (χ4v) is 0.810. The molecular formula is C5H5N5. The van der Waals surface area contributed by atoms with E-state index in [2.05, 4.69) is 20.2 Å². The number of hydrogen-bond acceptors (Lipinski definition) is 5. The zero-order valence-electron chi connectivity index (χ0n) is 5.10. The van der Waals surface area contributed by atoms with E-state index in [1.807, 2.05) is 0 Å². The second-order valence-corrected chi connectivity index (χ2v) is 1.96. The largest absolute Gasteiger partial charge is 0.306 e. The zero-order valence-corrected chi connectivity index (χ0v) is 5.10. The van der Waals surface area contributed by atoms with Crippen molar-refractivity contribution in [2.24, 2.45) is 25.9 Å². The summed E-state index contributed by atoms with van der Waals surface area (Å²) in [5, 5.41) is 7.37. The van der Waals surface area contributed by atoms with E-state index in [1.54, 1.807) is 6.20 Å². The van der Waals surface area contributed by atoms with Crippen LogP contribution in [-0.2, 0) is 0 Å². The van der Waals surface area contributed by atoms with Crippen LogP contribution >= 0.6 is 0 Å². The summed E-state index contributed by atoms with van der Waals surface area (Å²) in [6.45, 7) is 0. The molecule has 2 heterocycles. The summed E-state index contributed by atoms with van der Waals surface area (Å²) in [5.74, 6) is 0.586. The predicted octanol–water partition coefficient (Wildman–Crippen LogP) is 0.0613. The molecule has 0 saturated heterocycles. The Bertz CT molecular complexity index is 272. The summed E-state index contributed by atoms with van der Waals surface area (Å²) >= 11 is 0. The van der Waals surface area contributed by atoms with Gasteiger partial charge in [-0.1, -0.05) is 0 Å². The molecule has 0 amide bonds. The first kappa shape index (κ1) is 5.43. The highest BCUT2D eigenvalue weighted by Gasteiger charge is 2.19. The van der Waals surface area contributed by atoms with Crippen LogP contribution in [0.25, 0.3) is 0 Å². The summed E-state index contributed by atoms with van der Waals surface area (Å²) in [7, 11) is 0. The zero-order chi connectivity index (χ0) is 6.97. The van der Waals surface area contributed by atoms with Gasteiger partial charge in [-0.15, -0.1) is 5.11 Å². The standard InChI is InChI=1S/C5H5N5/c6-4-3-1-9-10-5(3)8-2-7-4/h1-2,4H,6H2/t4-/m0/s1. The van der Waals surface area contributed by atoms with Gasteiger partial charge >= 0.3 is 0 Å². The number of azo groups is 1. The van der Waals surface area contributed by atoms with E-state index in [9.17, 15) is 0 Å². The first-order valence-corrected chi connectivity index (χ1v) is 2.84. The van der Waals surface area contributed by atoms with Crippen molar-refractivity contribution in [3.05, 3.63) is 11.8 Å². The highest BCUT2D eigenvalue weighted by Crippen LogP contribution is 2.14. The molecule has 2 aliphatic rings. The molecule has 0 aromatic rings. The SMILES string of the molecule is N[C@H]1N=CN=C2N=NC=C21. The minimum Gasteiger partial charge on any atom is -0.306 e. The lowest BCUT2D eigenvalue weighted by Gasteiger charge is -2.08. The average Bonchev–Trinajstić information content (AvgIpc) is 2.36. The van der Waals surface area contributed by atoms with Gasteiger partial charge < -0.3 is 5.73 Å². The van der Waals surface area contributed by atoms with E-state index in [-0.39, 0.29) is 6.17 Å². The molecule has 0 aromatic heterocycles. The third-order valence-electron chi connectivity index (χ3n) is 1.33. The first-order chi connectivity index (χ1) is 4.88. The van der Waals surface area contributed by atoms with Crippen LogP contribution in [0.5, 0.6) is 0 Å². The Balaban J connectivity index is 2.45. The van der Waals surface area contributed by atoms with Gasteiger partial charge in [0.05, 0.1) is 11.8 Å². The molecule has 2 rings (SSSR count). The maximum atomic E-state index is 5.55. The minimum absolute atomic E-state index is 0.331. The Kier molecular flexibility index (Phi) is 0.983. The van der Waals surface area contributed by atoms with Crippen LogP contribution in [0.3, 0.4) is 0 Å². The van der Waals surface area contributed by atoms with E-state index in [0.717, 1.165) is 5.57 Å². The van der Waals surface area contributed by atoms with Gasteiger partial charge in [0.2, 0.25) is 0 Å². The Morgan fingerprint density at radius 3 is 3.20 bits per heavy atom. The molecule has 0 radical (unpaired) electrons. The van der Waals surface area contributed by atoms with Crippen molar-refractivity contribution in [3.63, 3.8) is 0 Å². The molecule has 0 aliphatic carbocycles. The van der Waals surface area contributed by atoms with Gasteiger partial charge in [0.25, 0.3) is 0 Å². The number of nitrogens with zero attached hydrogens (tertiary/aromatic N) is 4. The Labute approximate surface area is 57.1 Å². The smallest absolute Gasteiger partial charge is 0.184 e. The van der Waals surface area contributed by atoms with Gasteiger partial charge in [-0.2, -0.15) is 5.11 Å². The lowest BCUT2D eigenvalue weighted by atomic mass is 10.2. The Morgan fingerprint density at radius 1 is 1.50 bits per heavy atom. The summed E-state index contributed by atoms with van der Waals surface area (Å²) < 4.78 is 0. The topological polar surface area (TPSA) is 75.5 Å². The predicted molar refractivity (Wildman–Crippen MR) is 36.8 cm³/mol. The molecule has 2 aliphatic heterocycles. The average molecular weight is 135 g/mol. The summed E-state index contributed by atoms with van der Waals surface area (Å²) in [4.78, 5) is 7.71. The molecule has 50 valence electrons. The fraction of sp³-hybridized carbons (Fsp3) is 0.200. The third-order valence-corrected chi connectivity index (χ3v) is 1.33. The van der Waals surface area contributed by atoms with E-state index in [4.69, 9.17) is 5.73 Å². The lowest BCUT2D eigenvalue weighted by molar-refractivity contribution is 0.847. The van der Waals surface area contributed by atoms with E-state index in [0.29, 0.717) is 5.84 Å². The van der Waals surface area contributed by atoms with Crippen molar-refractivity contribution in [2.75, 3.05) is 0 Å². The van der Waals surface area contributed by atoms with E-state index < -0.39 is 0 Å². The summed E-state index contributed by atoms with van der Waals surface area (Å²) in [5.41, 5.74) is 6.35. The van der Waals surface area contributed by atoms with E-state index in [1.165, 1.54) is 6.34 Å². The van der Waals surface area contributed by atoms with Crippen molar-refractivity contribution in [3.8, 4) is 0 Å². The van der Waals surface area contributed by atoms with Gasteiger partial charge in [0, 0.05) is 0 Å². The molecule has 2 N–H and O–H groups in total. The van der Waals surface area contributed by atoms with Crippen LogP contribution in [-0.4, -0.2) is 18.3 Å². The molecule has 5 heteroatoms. The Morgan fingerprint density at radius 2 is 2.40 bits per heavy atom. The molecule has 0 bridgehead atoms. The minimum atomic E-state index is -0.331. The number of nitrogens with two attached hydrogens (primary N) is 1. The normalized spacial score (nSPS) is 27.9. The second kappa shape index (κ2) is 1.81. The van der Waals surface area contributed by atoms with Crippen LogP contribution in [0, 0.1) is 0 Å². The number of aliphatic imine (C=N–C) groups is 2. The van der Waals surface area contributed by atoms with Gasteiger partial charge in [0.15, 0.2) is 5.84 Å². The molecule has 1 atom stereocenters. The van der Waals surface area contributed by atoms with Crippen molar-refractivity contribution in [1.82, 2.24) is 0 Å². The highest BCUT2D eigenvalue weighted by molar-refractivity contribution is 6.05. The van der Waals surface area contributed by atoms with Crippen molar-refractivity contribution >= 4 is 12.2 Å². The Hall–Kier alpha value is -1.36. The van der Waals surface area contributed by atoms with Crippen LogP contribution in [0.2, 0.25) is 0 Å². The molecule has 5 nitrogen and oxygen atoms in total. The maximum Gasteiger partial charge on any atom is 0.184 e. The van der Waals surface area contributed by atoms with Crippen LogP contribution in [0.4, 0.5) is 0 Å². The van der Waals surface area contributed by atoms with Gasteiger partial charge in [-0.25, -0.2) is 9.98 Å². The molecule has 0 aromatic carbocycles. The number of amidine groups is 1.